The van der Waals surface area contributed by atoms with Crippen molar-refractivity contribution in [3.05, 3.63) is 36.1 Å². The minimum atomic E-state index is -0.299. The second-order valence-electron chi connectivity index (χ2n) is 7.34. The minimum absolute atomic E-state index is 0.0855. The van der Waals surface area contributed by atoms with Crippen LogP contribution in [0, 0.1) is 11.8 Å². The zero-order valence-corrected chi connectivity index (χ0v) is 17.8. The van der Waals surface area contributed by atoms with Crippen molar-refractivity contribution in [1.29, 1.82) is 0 Å². The Balaban J connectivity index is 1.56. The zero-order valence-electron chi connectivity index (χ0n) is 17.8. The second kappa shape index (κ2) is 10.4. The molecule has 0 bridgehead atoms. The first-order valence-electron chi connectivity index (χ1n) is 10.0. The van der Waals surface area contributed by atoms with Crippen LogP contribution >= 0.6 is 0 Å². The van der Waals surface area contributed by atoms with Gasteiger partial charge in [0.1, 0.15) is 23.7 Å². The average Bonchev–Trinajstić information content (AvgIpc) is 3.32. The van der Waals surface area contributed by atoms with E-state index in [0.717, 1.165) is 25.0 Å². The molecule has 1 aromatic rings. The van der Waals surface area contributed by atoms with Crippen molar-refractivity contribution in [3.8, 4) is 11.8 Å². The molecule has 1 N–H and O–H groups in total. The number of nitrogens with one attached hydrogen (secondary N) is 1. The standard InChI is InChI=1S/C21H29N5O4/c1-15-22-21(27)16(9-7-5-6-8-10-17-13-25(2)24-23-17)12-26(15)20-11-18(29-4)19(30-20)14-28-3/h12-13,18-20H,1,5-6,8,10-11,14H2,2-4H3,(H,22,27)/t18?,19-,20-/m1/s1. The van der Waals surface area contributed by atoms with Gasteiger partial charge in [-0.1, -0.05) is 23.6 Å². The van der Waals surface area contributed by atoms with Gasteiger partial charge in [0.05, 0.1) is 18.4 Å². The van der Waals surface area contributed by atoms with Gasteiger partial charge in [-0.25, -0.2) is 0 Å². The first kappa shape index (κ1) is 22.0. The van der Waals surface area contributed by atoms with Crippen LogP contribution in [0.15, 0.2) is 30.4 Å². The van der Waals surface area contributed by atoms with E-state index in [9.17, 15) is 4.79 Å². The fraction of sp³-hybridized carbons (Fsp3) is 0.571. The number of nitrogens with zero attached hydrogens (tertiary/aromatic N) is 4. The predicted octanol–water partition coefficient (Wildman–Crippen LogP) is 1.09. The van der Waals surface area contributed by atoms with E-state index in [0.29, 0.717) is 30.8 Å². The summed E-state index contributed by atoms with van der Waals surface area (Å²) in [5, 5.41) is 10.8. The topological polar surface area (TPSA) is 90.7 Å². The molecule has 1 fully saturated rings. The average molecular weight is 415 g/mol. The van der Waals surface area contributed by atoms with E-state index in [4.69, 9.17) is 14.2 Å². The Morgan fingerprint density at radius 2 is 2.23 bits per heavy atom. The molecule has 1 aromatic heterocycles. The van der Waals surface area contributed by atoms with E-state index in [1.807, 2.05) is 13.2 Å². The number of carbonyl (C=O) groups excluding carboxylic acids is 1. The number of unbranched alkanes of at least 4 members (excludes halogenated alkanes) is 2. The molecule has 0 aromatic carbocycles. The number of hydrogen-bond donors (Lipinski definition) is 1. The van der Waals surface area contributed by atoms with Crippen molar-refractivity contribution in [2.24, 2.45) is 7.05 Å². The molecular weight excluding hydrogens is 386 g/mol. The second-order valence-corrected chi connectivity index (χ2v) is 7.34. The molecular formula is C21H29N5O4. The van der Waals surface area contributed by atoms with Crippen LogP contribution in [0.2, 0.25) is 0 Å². The molecule has 3 atom stereocenters. The van der Waals surface area contributed by atoms with Crippen LogP contribution in [0.25, 0.3) is 0 Å². The molecule has 9 heteroatoms. The van der Waals surface area contributed by atoms with Crippen molar-refractivity contribution in [1.82, 2.24) is 25.2 Å². The van der Waals surface area contributed by atoms with Gasteiger partial charge in [0, 0.05) is 46.5 Å². The van der Waals surface area contributed by atoms with Crippen LogP contribution in [0.4, 0.5) is 0 Å². The number of hydrogen-bond acceptors (Lipinski definition) is 7. The molecule has 1 saturated heterocycles. The first-order chi connectivity index (χ1) is 14.5. The Hall–Kier alpha value is -2.67. The molecule has 0 spiro atoms. The molecule has 1 unspecified atom stereocenters. The Morgan fingerprint density at radius 1 is 1.40 bits per heavy atom. The number of aromatic nitrogens is 3. The van der Waals surface area contributed by atoms with E-state index in [2.05, 4.69) is 34.0 Å². The number of amides is 1. The van der Waals surface area contributed by atoms with Crippen molar-refractivity contribution in [2.45, 2.75) is 50.5 Å². The van der Waals surface area contributed by atoms with Gasteiger partial charge in [0.15, 0.2) is 0 Å². The molecule has 9 nitrogen and oxygen atoms in total. The fourth-order valence-corrected chi connectivity index (χ4v) is 3.51. The van der Waals surface area contributed by atoms with Gasteiger partial charge in [0.2, 0.25) is 0 Å². The lowest BCUT2D eigenvalue weighted by Gasteiger charge is -2.32. The maximum atomic E-state index is 12.3. The van der Waals surface area contributed by atoms with Gasteiger partial charge in [-0.05, 0) is 19.3 Å². The van der Waals surface area contributed by atoms with E-state index in [-0.39, 0.29) is 24.3 Å². The largest absolute Gasteiger partial charge is 0.382 e. The molecule has 3 rings (SSSR count). The minimum Gasteiger partial charge on any atom is -0.382 e. The normalized spacial score (nSPS) is 23.8. The number of carbonyl (C=O) groups is 1. The van der Waals surface area contributed by atoms with Gasteiger partial charge in [-0.3, -0.25) is 9.48 Å². The highest BCUT2D eigenvalue weighted by Crippen LogP contribution is 2.29. The predicted molar refractivity (Wildman–Crippen MR) is 109 cm³/mol. The SMILES string of the molecule is C=C1NC(=O)C(C#CCCCCc2cn(C)nn2)=CN1[C@H]1CC(OC)[C@@H](COC)O1. The summed E-state index contributed by atoms with van der Waals surface area (Å²) in [5.74, 6) is 6.29. The summed E-state index contributed by atoms with van der Waals surface area (Å²) in [6.07, 6.45) is 7.17. The Kier molecular flexibility index (Phi) is 7.63. The van der Waals surface area contributed by atoms with E-state index in [1.165, 1.54) is 0 Å². The summed E-state index contributed by atoms with van der Waals surface area (Å²) >= 11 is 0. The molecule has 30 heavy (non-hydrogen) atoms. The lowest BCUT2D eigenvalue weighted by atomic mass is 10.1. The van der Waals surface area contributed by atoms with Crippen LogP contribution < -0.4 is 5.32 Å². The van der Waals surface area contributed by atoms with E-state index in [1.54, 1.807) is 30.0 Å². The van der Waals surface area contributed by atoms with Gasteiger partial charge in [-0.15, -0.1) is 5.10 Å². The number of rotatable bonds is 8. The van der Waals surface area contributed by atoms with Crippen LogP contribution in [-0.2, 0) is 32.5 Å². The van der Waals surface area contributed by atoms with Crippen LogP contribution in [0.3, 0.4) is 0 Å². The summed E-state index contributed by atoms with van der Waals surface area (Å²) in [7, 11) is 5.14. The summed E-state index contributed by atoms with van der Waals surface area (Å²) in [4.78, 5) is 14.1. The van der Waals surface area contributed by atoms with Gasteiger partial charge >= 0.3 is 0 Å². The lowest BCUT2D eigenvalue weighted by molar-refractivity contribution is -0.118. The van der Waals surface area contributed by atoms with Crippen LogP contribution in [0.5, 0.6) is 0 Å². The van der Waals surface area contributed by atoms with Crippen molar-refractivity contribution in [2.75, 3.05) is 20.8 Å². The lowest BCUT2D eigenvalue weighted by Crippen LogP contribution is -2.43. The molecule has 2 aliphatic rings. The van der Waals surface area contributed by atoms with Crippen molar-refractivity contribution >= 4 is 5.91 Å². The molecule has 2 aliphatic heterocycles. The molecule has 0 aliphatic carbocycles. The highest BCUT2D eigenvalue weighted by molar-refractivity contribution is 5.99. The van der Waals surface area contributed by atoms with Crippen molar-refractivity contribution < 1.29 is 19.0 Å². The van der Waals surface area contributed by atoms with Crippen LogP contribution in [0.1, 0.15) is 31.4 Å². The monoisotopic (exact) mass is 415 g/mol. The zero-order chi connectivity index (χ0) is 21.5. The van der Waals surface area contributed by atoms with Crippen LogP contribution in [-0.4, -0.2) is 65.1 Å². The van der Waals surface area contributed by atoms with Gasteiger partial charge in [-0.2, -0.15) is 0 Å². The highest BCUT2D eigenvalue weighted by atomic mass is 16.6. The van der Waals surface area contributed by atoms with E-state index < -0.39 is 0 Å². The first-order valence-corrected chi connectivity index (χ1v) is 10.0. The molecule has 0 saturated carbocycles. The quantitative estimate of drug-likeness (QED) is 0.502. The summed E-state index contributed by atoms with van der Waals surface area (Å²) < 4.78 is 18.5. The number of ether oxygens (including phenoxy) is 3. The van der Waals surface area contributed by atoms with Gasteiger partial charge < -0.3 is 24.4 Å². The highest BCUT2D eigenvalue weighted by Gasteiger charge is 2.39. The smallest absolute Gasteiger partial charge is 0.266 e. The Labute approximate surface area is 177 Å². The summed E-state index contributed by atoms with van der Waals surface area (Å²) in [5.41, 5.74) is 1.37. The van der Waals surface area contributed by atoms with Crippen molar-refractivity contribution in [3.63, 3.8) is 0 Å². The molecule has 1 amide bonds. The number of methoxy groups -OCH3 is 2. The summed E-state index contributed by atoms with van der Waals surface area (Å²) in [6, 6.07) is 0. The Morgan fingerprint density at radius 3 is 2.93 bits per heavy atom. The van der Waals surface area contributed by atoms with Gasteiger partial charge in [0.25, 0.3) is 5.91 Å². The Bertz CT molecular complexity index is 853. The number of aryl methyl sites for hydroxylation is 2. The fourth-order valence-electron chi connectivity index (χ4n) is 3.51. The molecule has 3 heterocycles. The maximum Gasteiger partial charge on any atom is 0.266 e. The van der Waals surface area contributed by atoms with E-state index >= 15 is 0 Å². The third kappa shape index (κ3) is 5.48. The molecule has 0 radical (unpaired) electrons. The third-order valence-corrected chi connectivity index (χ3v) is 5.06. The maximum absolute atomic E-state index is 12.3. The summed E-state index contributed by atoms with van der Waals surface area (Å²) in [6.45, 7) is 4.37. The molecule has 162 valence electrons. The third-order valence-electron chi connectivity index (χ3n) is 5.06.